The van der Waals surface area contributed by atoms with Gasteiger partial charge in [0.25, 0.3) is 11.1 Å². The maximum atomic E-state index is 12.0. The highest BCUT2D eigenvalue weighted by atomic mass is 32.2. The quantitative estimate of drug-likeness (QED) is 0.441. The van der Waals surface area contributed by atoms with Crippen molar-refractivity contribution in [1.29, 1.82) is 0 Å². The van der Waals surface area contributed by atoms with Crippen molar-refractivity contribution in [2.45, 2.75) is 18.9 Å². The molecule has 2 aliphatic heterocycles. The van der Waals surface area contributed by atoms with Gasteiger partial charge in [0.1, 0.15) is 0 Å². The summed E-state index contributed by atoms with van der Waals surface area (Å²) in [4.78, 5) is 26.1. The van der Waals surface area contributed by atoms with Crippen LogP contribution in [0.2, 0.25) is 0 Å². The van der Waals surface area contributed by atoms with E-state index in [2.05, 4.69) is 15.5 Å². The van der Waals surface area contributed by atoms with Crippen molar-refractivity contribution < 1.29 is 19.1 Å². The van der Waals surface area contributed by atoms with E-state index in [0.717, 1.165) is 55.5 Å². The predicted molar refractivity (Wildman–Crippen MR) is 111 cm³/mol. The molecule has 1 atom stereocenters. The Morgan fingerprint density at radius 3 is 2.71 bits per heavy atom. The predicted octanol–water partition coefficient (Wildman–Crippen LogP) is 1.54. The van der Waals surface area contributed by atoms with Gasteiger partial charge in [-0.2, -0.15) is 0 Å². The third-order valence-corrected chi connectivity index (χ3v) is 5.61. The van der Waals surface area contributed by atoms with Gasteiger partial charge in [-0.1, -0.05) is 0 Å². The molecule has 0 radical (unpaired) electrons. The number of thioether (sulfide) groups is 1. The van der Waals surface area contributed by atoms with Crippen LogP contribution < -0.4 is 30.7 Å². The first-order valence-corrected chi connectivity index (χ1v) is 10.1. The molecule has 0 saturated carbocycles. The number of methoxy groups -OCH3 is 2. The standard InChI is InChI=1S/C19H26N4O4S/c1-26-15-8-12(9-17-18(24)22-19(25)28-17)14(10-16(15)27-2)23-7-4-13(11-23)21-6-3-5-20/h8-10,13,21H,3-7,11,20H2,1-2H3,(H,22,24,25)/b17-9-/t13-/m0/s1. The lowest BCUT2D eigenvalue weighted by Crippen LogP contribution is -2.34. The highest BCUT2D eigenvalue weighted by Gasteiger charge is 2.28. The van der Waals surface area contributed by atoms with Crippen LogP contribution in [0.4, 0.5) is 10.5 Å². The van der Waals surface area contributed by atoms with Crippen molar-refractivity contribution in [3.05, 3.63) is 22.6 Å². The highest BCUT2D eigenvalue weighted by Crippen LogP contribution is 2.39. The highest BCUT2D eigenvalue weighted by molar-refractivity contribution is 8.18. The fraction of sp³-hybridized carbons (Fsp3) is 0.474. The third kappa shape index (κ3) is 4.60. The second kappa shape index (κ2) is 9.31. The zero-order chi connectivity index (χ0) is 20.1. The summed E-state index contributed by atoms with van der Waals surface area (Å²) in [5.41, 5.74) is 7.33. The Morgan fingerprint density at radius 1 is 1.32 bits per heavy atom. The summed E-state index contributed by atoms with van der Waals surface area (Å²) >= 11 is 0.904. The van der Waals surface area contributed by atoms with E-state index in [1.807, 2.05) is 12.1 Å². The lowest BCUT2D eigenvalue weighted by molar-refractivity contribution is -0.115. The summed E-state index contributed by atoms with van der Waals surface area (Å²) in [6.45, 7) is 3.30. The molecular formula is C19H26N4O4S. The maximum absolute atomic E-state index is 12.0. The lowest BCUT2D eigenvalue weighted by atomic mass is 10.1. The van der Waals surface area contributed by atoms with Gasteiger partial charge in [0.2, 0.25) is 0 Å². The van der Waals surface area contributed by atoms with Gasteiger partial charge in [0.15, 0.2) is 11.5 Å². The number of benzene rings is 1. The molecule has 28 heavy (non-hydrogen) atoms. The molecule has 2 heterocycles. The van der Waals surface area contributed by atoms with Crippen molar-refractivity contribution in [2.24, 2.45) is 5.73 Å². The number of hydrogen-bond acceptors (Lipinski definition) is 8. The Morgan fingerprint density at radius 2 is 2.07 bits per heavy atom. The van der Waals surface area contributed by atoms with Crippen LogP contribution in [0.25, 0.3) is 6.08 Å². The van der Waals surface area contributed by atoms with E-state index in [-0.39, 0.29) is 11.1 Å². The molecule has 152 valence electrons. The monoisotopic (exact) mass is 406 g/mol. The number of hydrogen-bond donors (Lipinski definition) is 3. The molecule has 2 amide bonds. The number of nitrogens with zero attached hydrogens (tertiary/aromatic N) is 1. The molecule has 2 fully saturated rings. The molecule has 9 heteroatoms. The number of ether oxygens (including phenoxy) is 2. The van der Waals surface area contributed by atoms with Crippen LogP contribution >= 0.6 is 11.8 Å². The first-order chi connectivity index (χ1) is 13.5. The summed E-state index contributed by atoms with van der Waals surface area (Å²) in [7, 11) is 3.17. The van der Waals surface area contributed by atoms with Crippen molar-refractivity contribution in [1.82, 2.24) is 10.6 Å². The first-order valence-electron chi connectivity index (χ1n) is 9.25. The van der Waals surface area contributed by atoms with Crippen LogP contribution in [0.15, 0.2) is 17.0 Å². The van der Waals surface area contributed by atoms with E-state index < -0.39 is 0 Å². The van der Waals surface area contributed by atoms with Gasteiger partial charge >= 0.3 is 0 Å². The smallest absolute Gasteiger partial charge is 0.290 e. The topological polar surface area (TPSA) is 106 Å². The average molecular weight is 407 g/mol. The molecule has 1 aromatic rings. The number of imide groups is 1. The Kier molecular flexibility index (Phi) is 6.82. The molecule has 0 aromatic heterocycles. The van der Waals surface area contributed by atoms with Crippen molar-refractivity contribution in [2.75, 3.05) is 45.3 Å². The minimum absolute atomic E-state index is 0.358. The molecule has 2 saturated heterocycles. The summed E-state index contributed by atoms with van der Waals surface area (Å²) < 4.78 is 10.9. The Labute approximate surface area is 168 Å². The largest absolute Gasteiger partial charge is 0.493 e. The lowest BCUT2D eigenvalue weighted by Gasteiger charge is -2.23. The number of amides is 2. The fourth-order valence-electron chi connectivity index (χ4n) is 3.39. The molecule has 4 N–H and O–H groups in total. The Bertz CT molecular complexity index is 783. The van der Waals surface area contributed by atoms with Crippen LogP contribution in [0.5, 0.6) is 11.5 Å². The van der Waals surface area contributed by atoms with Gasteiger partial charge in [-0.25, -0.2) is 0 Å². The van der Waals surface area contributed by atoms with Gasteiger partial charge in [-0.15, -0.1) is 0 Å². The molecular weight excluding hydrogens is 380 g/mol. The normalized spacial score (nSPS) is 20.8. The van der Waals surface area contributed by atoms with E-state index >= 15 is 0 Å². The second-order valence-corrected chi connectivity index (χ2v) is 7.66. The first kappa shape index (κ1) is 20.5. The van der Waals surface area contributed by atoms with Crippen molar-refractivity contribution in [3.63, 3.8) is 0 Å². The third-order valence-electron chi connectivity index (χ3n) is 4.80. The number of anilines is 1. The van der Waals surface area contributed by atoms with E-state index in [1.54, 1.807) is 20.3 Å². The van der Waals surface area contributed by atoms with Gasteiger partial charge in [-0.05, 0) is 49.8 Å². The SMILES string of the molecule is COc1cc(/C=C2\SC(=O)NC2=O)c(N2CC[C@H](NCCCN)C2)cc1OC. The summed E-state index contributed by atoms with van der Waals surface area (Å²) in [6.07, 6.45) is 3.70. The average Bonchev–Trinajstić information content (AvgIpc) is 3.27. The number of rotatable bonds is 8. The summed E-state index contributed by atoms with van der Waals surface area (Å²) in [5.74, 6) is 0.821. The fourth-order valence-corrected chi connectivity index (χ4v) is 4.06. The molecule has 3 rings (SSSR count). The van der Waals surface area contributed by atoms with Gasteiger partial charge < -0.3 is 25.4 Å². The molecule has 0 aliphatic carbocycles. The summed E-state index contributed by atoms with van der Waals surface area (Å²) in [5, 5.41) is 5.47. The zero-order valence-corrected chi connectivity index (χ0v) is 16.9. The van der Waals surface area contributed by atoms with E-state index in [9.17, 15) is 9.59 Å². The number of nitrogens with two attached hydrogens (primary N) is 1. The van der Waals surface area contributed by atoms with Gasteiger partial charge in [0.05, 0.1) is 19.1 Å². The van der Waals surface area contributed by atoms with Crippen LogP contribution in [-0.2, 0) is 4.79 Å². The summed E-state index contributed by atoms with van der Waals surface area (Å²) in [6, 6.07) is 4.14. The zero-order valence-electron chi connectivity index (χ0n) is 16.1. The molecule has 1 aromatic carbocycles. The van der Waals surface area contributed by atoms with Gasteiger partial charge in [-0.3, -0.25) is 14.9 Å². The molecule has 0 spiro atoms. The van der Waals surface area contributed by atoms with Gasteiger partial charge in [0, 0.05) is 36.4 Å². The van der Waals surface area contributed by atoms with E-state index in [0.29, 0.717) is 29.0 Å². The minimum atomic E-state index is -0.376. The van der Waals surface area contributed by atoms with Crippen LogP contribution in [-0.4, -0.2) is 57.6 Å². The number of carbonyl (C=O) groups is 2. The van der Waals surface area contributed by atoms with E-state index in [4.69, 9.17) is 15.2 Å². The van der Waals surface area contributed by atoms with Crippen molar-refractivity contribution >= 4 is 34.7 Å². The molecule has 0 bridgehead atoms. The molecule has 2 aliphatic rings. The minimum Gasteiger partial charge on any atom is -0.493 e. The number of nitrogens with one attached hydrogen (secondary N) is 2. The van der Waals surface area contributed by atoms with Crippen LogP contribution in [0, 0.1) is 0 Å². The van der Waals surface area contributed by atoms with Crippen molar-refractivity contribution in [3.8, 4) is 11.5 Å². The molecule has 0 unspecified atom stereocenters. The van der Waals surface area contributed by atoms with E-state index in [1.165, 1.54) is 0 Å². The maximum Gasteiger partial charge on any atom is 0.290 e. The Hall–Kier alpha value is -2.23. The van der Waals surface area contributed by atoms with Crippen LogP contribution in [0.1, 0.15) is 18.4 Å². The Balaban J connectivity index is 1.90. The number of carbonyl (C=O) groups excluding carboxylic acids is 2. The van der Waals surface area contributed by atoms with Crippen LogP contribution in [0.3, 0.4) is 0 Å². The molecule has 8 nitrogen and oxygen atoms in total. The second-order valence-electron chi connectivity index (χ2n) is 6.65.